The molecular weight excluding hydrogens is 356 g/mol. The number of ether oxygens (including phenoxy) is 1. The van der Waals surface area contributed by atoms with E-state index in [-0.39, 0.29) is 17.9 Å². The van der Waals surface area contributed by atoms with Crippen LogP contribution < -0.4 is 15.4 Å². The highest BCUT2D eigenvalue weighted by Crippen LogP contribution is 2.12. The van der Waals surface area contributed by atoms with Crippen molar-refractivity contribution in [3.8, 4) is 5.75 Å². The van der Waals surface area contributed by atoms with Crippen molar-refractivity contribution in [2.75, 3.05) is 52.9 Å². The molecule has 0 bridgehead atoms. The molecule has 0 spiro atoms. The Labute approximate surface area is 168 Å². The summed E-state index contributed by atoms with van der Waals surface area (Å²) >= 11 is 0. The Hall–Kier alpha value is -2.12. The number of benzene rings is 1. The van der Waals surface area contributed by atoms with Crippen LogP contribution in [0.15, 0.2) is 24.3 Å². The Morgan fingerprint density at radius 3 is 2.36 bits per heavy atom. The first-order valence-electron chi connectivity index (χ1n) is 10.1. The van der Waals surface area contributed by atoms with Crippen LogP contribution in [0.1, 0.15) is 25.8 Å². The highest BCUT2D eigenvalue weighted by atomic mass is 16.5. The van der Waals surface area contributed by atoms with Gasteiger partial charge in [0.2, 0.25) is 11.8 Å². The quantitative estimate of drug-likeness (QED) is 0.621. The van der Waals surface area contributed by atoms with Crippen LogP contribution in [0.5, 0.6) is 5.75 Å². The number of nitrogens with zero attached hydrogens (tertiary/aromatic N) is 2. The molecule has 1 aliphatic rings. The van der Waals surface area contributed by atoms with E-state index in [2.05, 4.69) is 27.4 Å². The number of nitrogens with one attached hydrogen (secondary N) is 2. The summed E-state index contributed by atoms with van der Waals surface area (Å²) in [6.07, 6.45) is 1.72. The number of carbonyl (C=O) groups excluding carboxylic acids is 2. The van der Waals surface area contributed by atoms with Gasteiger partial charge in [0.15, 0.2) is 0 Å². The van der Waals surface area contributed by atoms with Crippen molar-refractivity contribution in [2.24, 2.45) is 0 Å². The van der Waals surface area contributed by atoms with E-state index in [1.54, 1.807) is 7.11 Å². The maximum absolute atomic E-state index is 12.2. The van der Waals surface area contributed by atoms with E-state index in [9.17, 15) is 9.59 Å². The number of hydrogen-bond acceptors (Lipinski definition) is 5. The first-order valence-corrected chi connectivity index (χ1v) is 10.1. The summed E-state index contributed by atoms with van der Waals surface area (Å²) in [4.78, 5) is 28.5. The lowest BCUT2D eigenvalue weighted by atomic mass is 10.1. The van der Waals surface area contributed by atoms with Crippen LogP contribution in [0.4, 0.5) is 0 Å². The zero-order valence-corrected chi connectivity index (χ0v) is 17.4. The smallest absolute Gasteiger partial charge is 0.234 e. The molecule has 1 fully saturated rings. The molecule has 2 amide bonds. The fraction of sp³-hybridized carbons (Fsp3) is 0.619. The summed E-state index contributed by atoms with van der Waals surface area (Å²) in [7, 11) is 1.65. The van der Waals surface area contributed by atoms with Crippen molar-refractivity contribution in [1.82, 2.24) is 20.4 Å². The number of rotatable bonds is 10. The van der Waals surface area contributed by atoms with Gasteiger partial charge in [0, 0.05) is 38.8 Å². The second kappa shape index (κ2) is 11.7. The molecule has 2 N–H and O–H groups in total. The predicted molar refractivity (Wildman–Crippen MR) is 110 cm³/mol. The summed E-state index contributed by atoms with van der Waals surface area (Å²) < 4.78 is 5.22. The van der Waals surface area contributed by atoms with E-state index < -0.39 is 0 Å². The molecule has 0 aliphatic carbocycles. The second-order valence-corrected chi connectivity index (χ2v) is 7.38. The maximum atomic E-state index is 12.2. The lowest BCUT2D eigenvalue weighted by Gasteiger charge is -2.34. The van der Waals surface area contributed by atoms with E-state index in [4.69, 9.17) is 4.74 Å². The van der Waals surface area contributed by atoms with Gasteiger partial charge in [0.1, 0.15) is 5.75 Å². The third kappa shape index (κ3) is 7.86. The van der Waals surface area contributed by atoms with Gasteiger partial charge in [0.05, 0.1) is 20.2 Å². The molecule has 1 unspecified atom stereocenters. The highest BCUT2D eigenvalue weighted by molar-refractivity contribution is 5.78. The van der Waals surface area contributed by atoms with E-state index >= 15 is 0 Å². The van der Waals surface area contributed by atoms with Gasteiger partial charge in [-0.1, -0.05) is 19.1 Å². The molecule has 0 saturated carbocycles. The van der Waals surface area contributed by atoms with Gasteiger partial charge < -0.3 is 15.4 Å². The summed E-state index contributed by atoms with van der Waals surface area (Å²) in [5.41, 5.74) is 1.14. The maximum Gasteiger partial charge on any atom is 0.234 e. The van der Waals surface area contributed by atoms with Gasteiger partial charge in [-0.05, 0) is 37.5 Å². The zero-order valence-electron chi connectivity index (χ0n) is 17.4. The van der Waals surface area contributed by atoms with Crippen molar-refractivity contribution in [3.63, 3.8) is 0 Å². The standard InChI is InChI=1S/C21H34N4O3/c1-4-17(2)23-21(27)16-25-12-10-24(11-13-25)15-20(26)22-9-8-18-6-5-7-19(14-18)28-3/h5-7,14,17H,4,8-13,15-16H2,1-3H3,(H,22,26)(H,23,27). The van der Waals surface area contributed by atoms with Gasteiger partial charge in [-0.3, -0.25) is 19.4 Å². The molecule has 1 aromatic rings. The second-order valence-electron chi connectivity index (χ2n) is 7.38. The minimum Gasteiger partial charge on any atom is -0.497 e. The summed E-state index contributed by atoms with van der Waals surface area (Å²) in [6.45, 7) is 8.77. The normalized spacial score (nSPS) is 16.4. The van der Waals surface area contributed by atoms with Crippen LogP contribution >= 0.6 is 0 Å². The van der Waals surface area contributed by atoms with Crippen LogP contribution in [0.2, 0.25) is 0 Å². The van der Waals surface area contributed by atoms with Gasteiger partial charge in [-0.25, -0.2) is 0 Å². The van der Waals surface area contributed by atoms with Crippen molar-refractivity contribution < 1.29 is 14.3 Å². The number of hydrogen-bond donors (Lipinski definition) is 2. The Morgan fingerprint density at radius 1 is 1.11 bits per heavy atom. The fourth-order valence-electron chi connectivity index (χ4n) is 3.16. The molecule has 7 heteroatoms. The number of carbonyl (C=O) groups is 2. The van der Waals surface area contributed by atoms with E-state index in [0.29, 0.717) is 19.6 Å². The lowest BCUT2D eigenvalue weighted by molar-refractivity contribution is -0.125. The molecule has 156 valence electrons. The van der Waals surface area contributed by atoms with Crippen LogP contribution in [0, 0.1) is 0 Å². The van der Waals surface area contributed by atoms with Crippen molar-refractivity contribution in [2.45, 2.75) is 32.7 Å². The monoisotopic (exact) mass is 390 g/mol. The fourth-order valence-corrected chi connectivity index (χ4v) is 3.16. The average Bonchev–Trinajstić information content (AvgIpc) is 2.69. The molecule has 2 rings (SSSR count). The molecule has 1 aliphatic heterocycles. The van der Waals surface area contributed by atoms with Gasteiger partial charge >= 0.3 is 0 Å². The Morgan fingerprint density at radius 2 is 1.75 bits per heavy atom. The Bertz CT molecular complexity index is 630. The van der Waals surface area contributed by atoms with Crippen LogP contribution in [-0.2, 0) is 16.0 Å². The number of amides is 2. The Kier molecular flexibility index (Phi) is 9.23. The van der Waals surface area contributed by atoms with E-state index in [0.717, 1.165) is 50.3 Å². The van der Waals surface area contributed by atoms with E-state index in [1.165, 1.54) is 0 Å². The van der Waals surface area contributed by atoms with Gasteiger partial charge in [-0.15, -0.1) is 0 Å². The third-order valence-corrected chi connectivity index (χ3v) is 5.09. The third-order valence-electron chi connectivity index (χ3n) is 5.09. The van der Waals surface area contributed by atoms with E-state index in [1.807, 2.05) is 31.2 Å². The molecular formula is C21H34N4O3. The van der Waals surface area contributed by atoms with Crippen molar-refractivity contribution in [1.29, 1.82) is 0 Å². The summed E-state index contributed by atoms with van der Waals surface area (Å²) in [5.74, 6) is 0.962. The molecule has 0 aromatic heterocycles. The highest BCUT2D eigenvalue weighted by Gasteiger charge is 2.20. The molecule has 0 radical (unpaired) electrons. The van der Waals surface area contributed by atoms with Crippen LogP contribution in [0.25, 0.3) is 0 Å². The lowest BCUT2D eigenvalue weighted by Crippen LogP contribution is -2.52. The first-order chi connectivity index (χ1) is 13.5. The summed E-state index contributed by atoms with van der Waals surface area (Å²) in [6, 6.07) is 8.11. The molecule has 1 aromatic carbocycles. The topological polar surface area (TPSA) is 73.9 Å². The van der Waals surface area contributed by atoms with Crippen molar-refractivity contribution >= 4 is 11.8 Å². The van der Waals surface area contributed by atoms with Crippen LogP contribution in [0.3, 0.4) is 0 Å². The number of methoxy groups -OCH3 is 1. The predicted octanol–water partition coefficient (Wildman–Crippen LogP) is 0.886. The molecule has 7 nitrogen and oxygen atoms in total. The molecule has 1 saturated heterocycles. The molecule has 1 heterocycles. The average molecular weight is 391 g/mol. The first kappa shape index (κ1) is 22.2. The Balaban J connectivity index is 1.61. The minimum atomic E-state index is 0.0471. The van der Waals surface area contributed by atoms with Crippen molar-refractivity contribution in [3.05, 3.63) is 29.8 Å². The zero-order chi connectivity index (χ0) is 20.4. The SMILES string of the molecule is CCC(C)NC(=O)CN1CCN(CC(=O)NCCc2cccc(OC)c2)CC1. The van der Waals surface area contributed by atoms with Gasteiger partial charge in [-0.2, -0.15) is 0 Å². The number of piperazine rings is 1. The van der Waals surface area contributed by atoms with Crippen LogP contribution in [-0.4, -0.2) is 80.6 Å². The largest absolute Gasteiger partial charge is 0.497 e. The molecule has 28 heavy (non-hydrogen) atoms. The van der Waals surface area contributed by atoms with Gasteiger partial charge in [0.25, 0.3) is 0 Å². The minimum absolute atomic E-state index is 0.0471. The summed E-state index contributed by atoms with van der Waals surface area (Å²) in [5, 5.41) is 5.99. The molecule has 1 atom stereocenters.